The zero-order valence-corrected chi connectivity index (χ0v) is 24.1. The number of nitrogens with zero attached hydrogens (tertiary/aromatic N) is 2. The van der Waals surface area contributed by atoms with Crippen molar-refractivity contribution < 1.29 is 42.7 Å². The lowest BCUT2D eigenvalue weighted by Gasteiger charge is -2.31. The van der Waals surface area contributed by atoms with Gasteiger partial charge in [0, 0.05) is 25.4 Å². The van der Waals surface area contributed by atoms with E-state index in [2.05, 4.69) is 20.9 Å². The molecule has 1 unspecified atom stereocenters. The monoisotopic (exact) mass is 582 g/mol. The number of nitrogens with one attached hydrogen (secondary N) is 3. The second-order valence-corrected chi connectivity index (χ2v) is 11.5. The van der Waals surface area contributed by atoms with Gasteiger partial charge in [-0.2, -0.15) is 0 Å². The number of benzene rings is 1. The Morgan fingerprint density at radius 3 is 2.40 bits per heavy atom. The molecule has 0 fully saturated rings. The van der Waals surface area contributed by atoms with E-state index in [1.165, 1.54) is 25.4 Å². The zero-order valence-electron chi connectivity index (χ0n) is 24.1. The first-order chi connectivity index (χ1) is 19.6. The molecule has 0 aromatic heterocycles. The molecule has 4 amide bonds. The van der Waals surface area contributed by atoms with E-state index in [1.54, 1.807) is 46.8 Å². The topological polar surface area (TPSA) is 158 Å². The number of ether oxygens (including phenoxy) is 2. The highest BCUT2D eigenvalue weighted by molar-refractivity contribution is 6.52. The number of amides is 4. The third kappa shape index (κ3) is 6.40. The molecule has 0 bridgehead atoms. The molecular weight excluding hydrogens is 549 g/mol. The van der Waals surface area contributed by atoms with Gasteiger partial charge in [0.15, 0.2) is 17.0 Å². The number of halogens is 1. The van der Waals surface area contributed by atoms with E-state index in [1.807, 2.05) is 0 Å². The van der Waals surface area contributed by atoms with E-state index in [0.717, 1.165) is 10.8 Å². The third-order valence-electron chi connectivity index (χ3n) is 6.36. The summed E-state index contributed by atoms with van der Waals surface area (Å²) in [6.07, 6.45) is 1.07. The molecule has 13 heteroatoms. The van der Waals surface area contributed by atoms with Crippen LogP contribution in [0.25, 0.3) is 0 Å². The van der Waals surface area contributed by atoms with Gasteiger partial charge in [-0.05, 0) is 58.7 Å². The summed E-state index contributed by atoms with van der Waals surface area (Å²) in [7, 11) is 1.31. The number of rotatable bonds is 7. The smallest absolute Gasteiger partial charge is 0.434 e. The van der Waals surface area contributed by atoms with Gasteiger partial charge in [-0.25, -0.2) is 19.0 Å². The van der Waals surface area contributed by atoms with Crippen molar-refractivity contribution in [3.05, 3.63) is 70.7 Å². The van der Waals surface area contributed by atoms with E-state index < -0.39 is 58.2 Å². The summed E-state index contributed by atoms with van der Waals surface area (Å²) in [5.74, 6) is -3.71. The average molecular weight is 583 g/mol. The maximum absolute atomic E-state index is 13.5. The second kappa shape index (κ2) is 11.2. The van der Waals surface area contributed by atoms with Crippen LogP contribution in [0.2, 0.25) is 0 Å². The van der Waals surface area contributed by atoms with Crippen LogP contribution >= 0.6 is 0 Å². The van der Waals surface area contributed by atoms with E-state index >= 15 is 0 Å². The molecule has 3 aliphatic heterocycles. The van der Waals surface area contributed by atoms with Gasteiger partial charge < -0.3 is 30.5 Å². The van der Waals surface area contributed by atoms with Gasteiger partial charge in [0.05, 0.1) is 5.54 Å². The largest absolute Gasteiger partial charge is 0.504 e. The first-order valence-electron chi connectivity index (χ1n) is 13.2. The molecule has 1 aromatic rings. The number of hydrogen-bond donors (Lipinski definition) is 4. The summed E-state index contributed by atoms with van der Waals surface area (Å²) in [5.41, 5.74) is -0.936. The Bertz CT molecular complexity index is 1510. The first kappa shape index (κ1) is 30.2. The van der Waals surface area contributed by atoms with E-state index in [4.69, 9.17) is 9.47 Å². The van der Waals surface area contributed by atoms with Crippen molar-refractivity contribution in [3.63, 3.8) is 0 Å². The summed E-state index contributed by atoms with van der Waals surface area (Å²) < 4.78 is 25.9. The number of alkyl carbamates (subject to hydrolysis) is 1. The first-order valence-corrected chi connectivity index (χ1v) is 13.2. The number of aliphatic imine (C=N–C) groups is 1. The molecule has 12 nitrogen and oxygen atoms in total. The number of allylic oxidation sites excluding steroid dienone is 1. The van der Waals surface area contributed by atoms with Crippen molar-refractivity contribution in [2.45, 2.75) is 58.3 Å². The molecular formula is C29H33FN5O7+. The van der Waals surface area contributed by atoms with Gasteiger partial charge in [0.1, 0.15) is 11.4 Å². The van der Waals surface area contributed by atoms with Crippen LogP contribution in [0.5, 0.6) is 0 Å². The molecule has 3 heterocycles. The van der Waals surface area contributed by atoms with Crippen molar-refractivity contribution in [1.82, 2.24) is 16.0 Å². The van der Waals surface area contributed by atoms with Crippen LogP contribution in [-0.4, -0.2) is 75.8 Å². The van der Waals surface area contributed by atoms with Gasteiger partial charge in [0.2, 0.25) is 12.3 Å². The van der Waals surface area contributed by atoms with E-state index in [0.29, 0.717) is 11.1 Å². The number of carbonyl (C=O) groups excluding carboxylic acids is 4. The molecule has 1 aromatic carbocycles. The summed E-state index contributed by atoms with van der Waals surface area (Å²) in [4.78, 5) is 55.8. The SMILES string of the molecule is CNC(=O)C1=C(O)C2=NC=C(Cc3ccc(F)cc3)C3OC(C(=O)NC(C)(C)CNC(=O)OC(C)(C)C)=C[N+](=C23)C1=O. The Morgan fingerprint density at radius 2 is 1.79 bits per heavy atom. The normalized spacial score (nSPS) is 18.2. The molecule has 0 spiro atoms. The van der Waals surface area contributed by atoms with Crippen LogP contribution in [-0.2, 0) is 30.3 Å². The molecule has 0 saturated carbocycles. The second-order valence-electron chi connectivity index (χ2n) is 11.5. The molecule has 0 saturated heterocycles. The summed E-state index contributed by atoms with van der Waals surface area (Å²) in [6, 6.07) is 5.76. The minimum Gasteiger partial charge on any atom is -0.504 e. The number of carbonyl (C=O) groups is 4. The van der Waals surface area contributed by atoms with Crippen LogP contribution in [0.1, 0.15) is 40.2 Å². The Balaban J connectivity index is 1.66. The highest BCUT2D eigenvalue weighted by Gasteiger charge is 2.52. The molecule has 0 aliphatic carbocycles. The highest BCUT2D eigenvalue weighted by Crippen LogP contribution is 2.30. The quantitative estimate of drug-likeness (QED) is 0.282. The summed E-state index contributed by atoms with van der Waals surface area (Å²) >= 11 is 0. The maximum Gasteiger partial charge on any atom is 0.434 e. The maximum atomic E-state index is 13.5. The van der Waals surface area contributed by atoms with Crippen LogP contribution in [0, 0.1) is 5.82 Å². The van der Waals surface area contributed by atoms with Gasteiger partial charge in [-0.15, -0.1) is 4.58 Å². The molecule has 3 aliphatic rings. The Hall–Kier alpha value is -4.81. The number of aliphatic hydroxyl groups excluding tert-OH is 1. The molecule has 4 N–H and O–H groups in total. The van der Waals surface area contributed by atoms with Crippen molar-refractivity contribution >= 4 is 35.2 Å². The highest BCUT2D eigenvalue weighted by atomic mass is 19.1. The Morgan fingerprint density at radius 1 is 1.12 bits per heavy atom. The van der Waals surface area contributed by atoms with E-state index in [9.17, 15) is 28.7 Å². The number of hydrogen-bond acceptors (Lipinski definition) is 8. The fourth-order valence-corrected chi connectivity index (χ4v) is 4.43. The minimum atomic E-state index is -1.05. The van der Waals surface area contributed by atoms with Gasteiger partial charge in [0.25, 0.3) is 23.3 Å². The van der Waals surface area contributed by atoms with E-state index in [-0.39, 0.29) is 30.1 Å². The molecule has 0 radical (unpaired) electrons. The predicted molar refractivity (Wildman–Crippen MR) is 149 cm³/mol. The molecule has 222 valence electrons. The van der Waals surface area contributed by atoms with Crippen LogP contribution in [0.15, 0.2) is 64.3 Å². The molecule has 4 rings (SSSR count). The average Bonchev–Trinajstić information content (AvgIpc) is 2.91. The van der Waals surface area contributed by atoms with Gasteiger partial charge >= 0.3 is 12.0 Å². The van der Waals surface area contributed by atoms with Crippen molar-refractivity contribution in [3.8, 4) is 0 Å². The van der Waals surface area contributed by atoms with Crippen LogP contribution < -0.4 is 16.0 Å². The van der Waals surface area contributed by atoms with Crippen LogP contribution in [0.3, 0.4) is 0 Å². The van der Waals surface area contributed by atoms with Gasteiger partial charge in [-0.3, -0.25) is 9.59 Å². The van der Waals surface area contributed by atoms with Crippen LogP contribution in [0.4, 0.5) is 9.18 Å². The minimum absolute atomic E-state index is 0.00827. The van der Waals surface area contributed by atoms with Crippen molar-refractivity contribution in [2.75, 3.05) is 13.6 Å². The Kier molecular flexibility index (Phi) is 8.06. The van der Waals surface area contributed by atoms with Gasteiger partial charge in [-0.1, -0.05) is 12.1 Å². The molecule has 42 heavy (non-hydrogen) atoms. The van der Waals surface area contributed by atoms with Crippen molar-refractivity contribution in [1.29, 1.82) is 0 Å². The lowest BCUT2D eigenvalue weighted by Crippen LogP contribution is -2.55. The summed E-state index contributed by atoms with van der Waals surface area (Å²) in [6.45, 7) is 8.53. The predicted octanol–water partition coefficient (Wildman–Crippen LogP) is 1.92. The number of likely N-dealkylation sites (N-methyl/N-ethyl adjacent to an activating group) is 1. The fraction of sp³-hybridized carbons (Fsp3) is 0.379. The lowest BCUT2D eigenvalue weighted by atomic mass is 9.89. The zero-order chi connectivity index (χ0) is 31.0. The summed E-state index contributed by atoms with van der Waals surface area (Å²) in [5, 5.41) is 18.6. The molecule has 1 atom stereocenters. The Labute approximate surface area is 241 Å². The lowest BCUT2D eigenvalue weighted by molar-refractivity contribution is -0.385. The fourth-order valence-electron chi connectivity index (χ4n) is 4.43. The number of aliphatic hydroxyl groups is 1. The standard InChI is InChI=1S/C29H32FN5O7/c1-28(2,3)42-27(40)33-14-29(4,5)34-24(37)18-13-35-21-20(22(36)19(26(35)39)25(38)31-6)32-12-16(23(21)41-18)11-15-7-9-17(30)10-8-15/h7-10,12-13,23H,11,14H2,1-6H3,(H3-,31,33,34,36,37,38,39,40)/p+1. The van der Waals surface area contributed by atoms with Crippen molar-refractivity contribution in [2.24, 2.45) is 4.99 Å². The third-order valence-corrected chi connectivity index (χ3v) is 6.36.